The number of carbonyl (C=O) groups is 2. The predicted molar refractivity (Wildman–Crippen MR) is 69.1 cm³/mol. The summed E-state index contributed by atoms with van der Waals surface area (Å²) in [7, 11) is 0. The van der Waals surface area contributed by atoms with Gasteiger partial charge < -0.3 is 10.2 Å². The number of rotatable bonds is 3. The van der Waals surface area contributed by atoms with Crippen molar-refractivity contribution < 1.29 is 9.59 Å². The molecule has 1 unspecified atom stereocenters. The monoisotopic (exact) mass is 253 g/mol. The van der Waals surface area contributed by atoms with Crippen molar-refractivity contribution in [2.45, 2.75) is 38.6 Å². The van der Waals surface area contributed by atoms with Crippen LogP contribution in [0, 0.1) is 0 Å². The second-order valence-corrected chi connectivity index (χ2v) is 5.19. The van der Waals surface area contributed by atoms with Crippen molar-refractivity contribution in [2.75, 3.05) is 32.7 Å². The van der Waals surface area contributed by atoms with Gasteiger partial charge in [0.15, 0.2) is 0 Å². The number of carbonyl (C=O) groups excluding carboxylic acids is 2. The summed E-state index contributed by atoms with van der Waals surface area (Å²) < 4.78 is 0. The SMILES string of the molecule is CCC1CCCCN1CC(=O)N1CCNC(=O)C1. The van der Waals surface area contributed by atoms with Gasteiger partial charge in [0, 0.05) is 19.1 Å². The fourth-order valence-corrected chi connectivity index (χ4v) is 2.86. The van der Waals surface area contributed by atoms with Crippen LogP contribution < -0.4 is 5.32 Å². The fourth-order valence-electron chi connectivity index (χ4n) is 2.86. The quantitative estimate of drug-likeness (QED) is 0.782. The summed E-state index contributed by atoms with van der Waals surface area (Å²) in [4.78, 5) is 27.4. The molecular weight excluding hydrogens is 230 g/mol. The highest BCUT2D eigenvalue weighted by Crippen LogP contribution is 2.19. The molecule has 18 heavy (non-hydrogen) atoms. The Morgan fingerprint density at radius 1 is 1.39 bits per heavy atom. The number of piperidine rings is 1. The number of likely N-dealkylation sites (tertiary alicyclic amines) is 1. The van der Waals surface area contributed by atoms with Crippen molar-refractivity contribution in [1.82, 2.24) is 15.1 Å². The summed E-state index contributed by atoms with van der Waals surface area (Å²) in [5.74, 6) is 0.0606. The Labute approximate surface area is 108 Å². The van der Waals surface area contributed by atoms with Crippen molar-refractivity contribution in [3.63, 3.8) is 0 Å². The van der Waals surface area contributed by atoms with Crippen molar-refractivity contribution in [3.8, 4) is 0 Å². The Kier molecular flexibility index (Phi) is 4.58. The first-order valence-electron chi connectivity index (χ1n) is 6.99. The van der Waals surface area contributed by atoms with E-state index in [0.29, 0.717) is 25.7 Å². The highest BCUT2D eigenvalue weighted by molar-refractivity contribution is 5.86. The molecule has 5 nitrogen and oxygen atoms in total. The first kappa shape index (κ1) is 13.3. The molecule has 2 aliphatic heterocycles. The highest BCUT2D eigenvalue weighted by atomic mass is 16.2. The predicted octanol–water partition coefficient (Wildman–Crippen LogP) is 0.209. The molecule has 0 saturated carbocycles. The number of nitrogens with one attached hydrogen (secondary N) is 1. The van der Waals surface area contributed by atoms with E-state index in [2.05, 4.69) is 17.1 Å². The van der Waals surface area contributed by atoms with Gasteiger partial charge in [-0.3, -0.25) is 14.5 Å². The number of piperazine rings is 1. The van der Waals surface area contributed by atoms with Gasteiger partial charge in [-0.15, -0.1) is 0 Å². The molecule has 0 spiro atoms. The van der Waals surface area contributed by atoms with E-state index < -0.39 is 0 Å². The van der Waals surface area contributed by atoms with E-state index in [1.165, 1.54) is 19.3 Å². The molecule has 0 aromatic rings. The van der Waals surface area contributed by atoms with Crippen molar-refractivity contribution in [1.29, 1.82) is 0 Å². The third-order valence-electron chi connectivity index (χ3n) is 3.95. The third-order valence-corrected chi connectivity index (χ3v) is 3.95. The first-order chi connectivity index (χ1) is 8.70. The molecule has 0 aliphatic carbocycles. The van der Waals surface area contributed by atoms with Crippen LogP contribution in [0.25, 0.3) is 0 Å². The standard InChI is InChI=1S/C13H23N3O2/c1-2-11-5-3-4-7-15(11)10-13(18)16-8-6-14-12(17)9-16/h11H,2-10H2,1H3,(H,14,17). The van der Waals surface area contributed by atoms with Crippen LogP contribution in [-0.4, -0.2) is 60.4 Å². The van der Waals surface area contributed by atoms with Gasteiger partial charge in [0.2, 0.25) is 11.8 Å². The summed E-state index contributed by atoms with van der Waals surface area (Å²) in [6.07, 6.45) is 4.76. The molecule has 2 rings (SSSR count). The first-order valence-corrected chi connectivity index (χ1v) is 6.99. The Bertz CT molecular complexity index is 319. The molecule has 102 valence electrons. The number of hydrogen-bond acceptors (Lipinski definition) is 3. The normalized spacial score (nSPS) is 25.9. The van der Waals surface area contributed by atoms with Crippen LogP contribution in [0.2, 0.25) is 0 Å². The van der Waals surface area contributed by atoms with Crippen molar-refractivity contribution in [2.24, 2.45) is 0 Å². The van der Waals surface area contributed by atoms with Crippen molar-refractivity contribution >= 4 is 11.8 Å². The lowest BCUT2D eigenvalue weighted by molar-refractivity contribution is -0.139. The van der Waals surface area contributed by atoms with E-state index in [0.717, 1.165) is 13.0 Å². The lowest BCUT2D eigenvalue weighted by Crippen LogP contribution is -2.53. The average molecular weight is 253 g/mol. The Balaban J connectivity index is 1.87. The lowest BCUT2D eigenvalue weighted by Gasteiger charge is -2.36. The van der Waals surface area contributed by atoms with Gasteiger partial charge in [0.1, 0.15) is 0 Å². The van der Waals surface area contributed by atoms with Gasteiger partial charge in [-0.1, -0.05) is 13.3 Å². The van der Waals surface area contributed by atoms with Crippen molar-refractivity contribution in [3.05, 3.63) is 0 Å². The van der Waals surface area contributed by atoms with Crippen LogP contribution in [0.1, 0.15) is 32.6 Å². The summed E-state index contributed by atoms with van der Waals surface area (Å²) >= 11 is 0. The highest BCUT2D eigenvalue weighted by Gasteiger charge is 2.27. The fraction of sp³-hybridized carbons (Fsp3) is 0.846. The zero-order valence-corrected chi connectivity index (χ0v) is 11.2. The van der Waals surface area contributed by atoms with Crippen LogP contribution >= 0.6 is 0 Å². The van der Waals surface area contributed by atoms with Gasteiger partial charge >= 0.3 is 0 Å². The molecular formula is C13H23N3O2. The van der Waals surface area contributed by atoms with Crippen LogP contribution in [-0.2, 0) is 9.59 Å². The van der Waals surface area contributed by atoms with Gasteiger partial charge in [-0.05, 0) is 25.8 Å². The molecule has 2 heterocycles. The summed E-state index contributed by atoms with van der Waals surface area (Å²) in [5, 5.41) is 2.74. The summed E-state index contributed by atoms with van der Waals surface area (Å²) in [5.41, 5.74) is 0. The van der Waals surface area contributed by atoms with E-state index in [1.807, 2.05) is 0 Å². The van der Waals surface area contributed by atoms with E-state index in [1.54, 1.807) is 4.90 Å². The van der Waals surface area contributed by atoms with Crippen LogP contribution in [0.5, 0.6) is 0 Å². The lowest BCUT2D eigenvalue weighted by atomic mass is 10.00. The van der Waals surface area contributed by atoms with Crippen LogP contribution in [0.3, 0.4) is 0 Å². The molecule has 0 aromatic carbocycles. The summed E-state index contributed by atoms with van der Waals surface area (Å²) in [6.45, 7) is 5.14. The van der Waals surface area contributed by atoms with E-state index in [4.69, 9.17) is 0 Å². The van der Waals surface area contributed by atoms with Gasteiger partial charge in [0.05, 0.1) is 13.1 Å². The molecule has 5 heteroatoms. The zero-order valence-electron chi connectivity index (χ0n) is 11.2. The maximum absolute atomic E-state index is 12.2. The van der Waals surface area contributed by atoms with Crippen LogP contribution in [0.15, 0.2) is 0 Å². The molecule has 0 radical (unpaired) electrons. The number of hydrogen-bond donors (Lipinski definition) is 1. The van der Waals surface area contributed by atoms with E-state index >= 15 is 0 Å². The van der Waals surface area contributed by atoms with Crippen LogP contribution in [0.4, 0.5) is 0 Å². The minimum absolute atomic E-state index is 0.0414. The minimum Gasteiger partial charge on any atom is -0.353 e. The number of nitrogens with zero attached hydrogens (tertiary/aromatic N) is 2. The molecule has 2 fully saturated rings. The molecule has 1 N–H and O–H groups in total. The second-order valence-electron chi connectivity index (χ2n) is 5.19. The maximum atomic E-state index is 12.2. The minimum atomic E-state index is -0.0414. The molecule has 0 bridgehead atoms. The van der Waals surface area contributed by atoms with Gasteiger partial charge in [-0.2, -0.15) is 0 Å². The third kappa shape index (κ3) is 3.22. The van der Waals surface area contributed by atoms with Gasteiger partial charge in [0.25, 0.3) is 0 Å². The topological polar surface area (TPSA) is 52.7 Å². The average Bonchev–Trinajstić information content (AvgIpc) is 2.39. The Morgan fingerprint density at radius 3 is 2.94 bits per heavy atom. The molecule has 2 aliphatic rings. The molecule has 0 aromatic heterocycles. The smallest absolute Gasteiger partial charge is 0.239 e. The van der Waals surface area contributed by atoms with E-state index in [9.17, 15) is 9.59 Å². The second kappa shape index (κ2) is 6.18. The van der Waals surface area contributed by atoms with Gasteiger partial charge in [-0.25, -0.2) is 0 Å². The molecule has 1 atom stereocenters. The largest absolute Gasteiger partial charge is 0.353 e. The Hall–Kier alpha value is -1.10. The maximum Gasteiger partial charge on any atom is 0.239 e. The number of amides is 2. The molecule has 2 saturated heterocycles. The summed E-state index contributed by atoms with van der Waals surface area (Å²) in [6, 6.07) is 0.543. The zero-order chi connectivity index (χ0) is 13.0. The molecule has 2 amide bonds. The van der Waals surface area contributed by atoms with E-state index in [-0.39, 0.29) is 18.4 Å². The Morgan fingerprint density at radius 2 is 2.22 bits per heavy atom.